The molecule has 12 heteroatoms. The normalized spacial score (nSPS) is 18.5. The average molecular weight is 565 g/mol. The van der Waals surface area contributed by atoms with Gasteiger partial charge in [0, 0.05) is 36.8 Å². The zero-order chi connectivity index (χ0) is 28.6. The SMILES string of the molecule is Cc1cccc(C)c1-c1cc2nc(n1)NS(=O)(=O)c1cccc(c1)C(=O)N1CCN(C(=O)CN(C)C)CC1CO2. The van der Waals surface area contributed by atoms with Crippen LogP contribution in [0.5, 0.6) is 5.88 Å². The molecule has 0 aliphatic carbocycles. The summed E-state index contributed by atoms with van der Waals surface area (Å²) in [4.78, 5) is 40.4. The number of anilines is 1. The van der Waals surface area contributed by atoms with Crippen molar-refractivity contribution in [2.24, 2.45) is 0 Å². The molecule has 4 bridgehead atoms. The number of sulfonamides is 1. The molecular weight excluding hydrogens is 532 g/mol. The molecular formula is C28H32N6O5S. The third-order valence-electron chi connectivity index (χ3n) is 7.03. The van der Waals surface area contributed by atoms with E-state index in [0.717, 1.165) is 16.7 Å². The number of hydrogen-bond acceptors (Lipinski definition) is 8. The van der Waals surface area contributed by atoms with Crippen LogP contribution in [-0.4, -0.2) is 97.8 Å². The highest BCUT2D eigenvalue weighted by Crippen LogP contribution is 2.30. The summed E-state index contributed by atoms with van der Waals surface area (Å²) in [5, 5.41) is 0. The van der Waals surface area contributed by atoms with E-state index in [2.05, 4.69) is 14.7 Å². The van der Waals surface area contributed by atoms with E-state index >= 15 is 0 Å². The Labute approximate surface area is 233 Å². The average Bonchev–Trinajstić information content (AvgIpc) is 2.90. The number of amides is 2. The number of aryl methyl sites for hydroxylation is 2. The fraction of sp³-hybridized carbons (Fsp3) is 0.357. The van der Waals surface area contributed by atoms with Crippen LogP contribution in [-0.2, 0) is 14.8 Å². The molecule has 1 fully saturated rings. The Morgan fingerprint density at radius 3 is 2.52 bits per heavy atom. The molecule has 0 spiro atoms. The van der Waals surface area contributed by atoms with Gasteiger partial charge in [-0.25, -0.2) is 18.1 Å². The van der Waals surface area contributed by atoms with E-state index in [4.69, 9.17) is 4.74 Å². The number of nitrogens with one attached hydrogen (secondary N) is 1. The number of fused-ring (bicyclic) bond motifs is 5. The summed E-state index contributed by atoms with van der Waals surface area (Å²) in [5.74, 6) is -0.368. The van der Waals surface area contributed by atoms with Gasteiger partial charge < -0.3 is 19.4 Å². The lowest BCUT2D eigenvalue weighted by Gasteiger charge is -2.41. The summed E-state index contributed by atoms with van der Waals surface area (Å²) >= 11 is 0. The standard InChI is InChI=1S/C28H32N6O5S/c1-18-7-5-8-19(2)26(18)23-14-24-30-28(29-23)31-40(37,38)22-10-6-9-20(13-22)27(36)34-12-11-33(15-21(34)17-39-24)25(35)16-32(3)4/h5-10,13-14,21H,11-12,15-17H2,1-4H3,(H,29,30,31). The molecule has 40 heavy (non-hydrogen) atoms. The van der Waals surface area contributed by atoms with Crippen molar-refractivity contribution in [3.05, 3.63) is 65.2 Å². The molecule has 3 aromatic rings. The third kappa shape index (κ3) is 5.63. The molecule has 5 rings (SSSR count). The first-order valence-corrected chi connectivity index (χ1v) is 14.4. The van der Waals surface area contributed by atoms with Gasteiger partial charge in [-0.2, -0.15) is 4.98 Å². The number of likely N-dealkylation sites (N-methyl/N-ethyl adjacent to an activating group) is 1. The molecule has 2 aliphatic heterocycles. The van der Waals surface area contributed by atoms with Gasteiger partial charge in [0.25, 0.3) is 15.9 Å². The van der Waals surface area contributed by atoms with E-state index in [9.17, 15) is 18.0 Å². The monoisotopic (exact) mass is 564 g/mol. The number of piperazine rings is 1. The van der Waals surface area contributed by atoms with Crippen molar-refractivity contribution in [2.75, 3.05) is 51.6 Å². The van der Waals surface area contributed by atoms with E-state index in [1.807, 2.05) is 46.1 Å². The molecule has 0 radical (unpaired) electrons. The maximum atomic E-state index is 13.6. The number of rotatable bonds is 3. The minimum absolute atomic E-state index is 0.0426. The predicted molar refractivity (Wildman–Crippen MR) is 150 cm³/mol. The highest BCUT2D eigenvalue weighted by molar-refractivity contribution is 7.92. The van der Waals surface area contributed by atoms with Crippen LogP contribution in [0.2, 0.25) is 0 Å². The van der Waals surface area contributed by atoms with Crippen molar-refractivity contribution in [3.63, 3.8) is 0 Å². The van der Waals surface area contributed by atoms with Crippen LogP contribution in [0.15, 0.2) is 53.4 Å². The quantitative estimate of drug-likeness (QED) is 0.513. The molecule has 210 valence electrons. The number of benzene rings is 2. The summed E-state index contributed by atoms with van der Waals surface area (Å²) in [6.07, 6.45) is 0. The van der Waals surface area contributed by atoms with Crippen LogP contribution in [0.25, 0.3) is 11.3 Å². The summed E-state index contributed by atoms with van der Waals surface area (Å²) in [6.45, 7) is 5.12. The molecule has 1 unspecified atom stereocenters. The second-order valence-electron chi connectivity index (χ2n) is 10.4. The summed E-state index contributed by atoms with van der Waals surface area (Å²) in [5.41, 5.74) is 3.49. The molecule has 3 heterocycles. The van der Waals surface area contributed by atoms with Gasteiger partial charge >= 0.3 is 0 Å². The van der Waals surface area contributed by atoms with Gasteiger partial charge in [0.1, 0.15) is 6.61 Å². The molecule has 1 saturated heterocycles. The smallest absolute Gasteiger partial charge is 0.264 e. The Balaban J connectivity index is 1.60. The summed E-state index contributed by atoms with van der Waals surface area (Å²) in [7, 11) is -0.464. The largest absolute Gasteiger partial charge is 0.475 e. The summed E-state index contributed by atoms with van der Waals surface area (Å²) in [6, 6.07) is 12.9. The third-order valence-corrected chi connectivity index (χ3v) is 8.35. The van der Waals surface area contributed by atoms with Gasteiger partial charge in [-0.3, -0.25) is 9.59 Å². The van der Waals surface area contributed by atoms with E-state index in [1.54, 1.807) is 26.8 Å². The van der Waals surface area contributed by atoms with Crippen molar-refractivity contribution >= 4 is 27.8 Å². The summed E-state index contributed by atoms with van der Waals surface area (Å²) < 4.78 is 35.3. The van der Waals surface area contributed by atoms with Gasteiger partial charge in [0.05, 0.1) is 23.2 Å². The van der Waals surface area contributed by atoms with Crippen LogP contribution in [0.3, 0.4) is 0 Å². The van der Waals surface area contributed by atoms with Crippen molar-refractivity contribution in [3.8, 4) is 17.1 Å². The molecule has 11 nitrogen and oxygen atoms in total. The van der Waals surface area contributed by atoms with E-state index < -0.39 is 16.1 Å². The zero-order valence-corrected chi connectivity index (χ0v) is 23.7. The molecule has 2 aromatic carbocycles. The Kier molecular flexibility index (Phi) is 7.47. The number of nitrogens with zero attached hydrogens (tertiary/aromatic N) is 5. The second kappa shape index (κ2) is 10.9. The van der Waals surface area contributed by atoms with Gasteiger partial charge in [-0.05, 0) is 57.3 Å². The maximum absolute atomic E-state index is 13.6. The van der Waals surface area contributed by atoms with Crippen molar-refractivity contribution in [1.29, 1.82) is 0 Å². The zero-order valence-electron chi connectivity index (χ0n) is 22.9. The van der Waals surface area contributed by atoms with Crippen LogP contribution in [0, 0.1) is 13.8 Å². The Bertz CT molecular complexity index is 1550. The first kappa shape index (κ1) is 27.5. The van der Waals surface area contributed by atoms with Crippen LogP contribution in [0.1, 0.15) is 21.5 Å². The Morgan fingerprint density at radius 1 is 1.07 bits per heavy atom. The lowest BCUT2D eigenvalue weighted by atomic mass is 10.00. The van der Waals surface area contributed by atoms with Crippen LogP contribution in [0.4, 0.5) is 5.95 Å². The van der Waals surface area contributed by atoms with Gasteiger partial charge in [-0.1, -0.05) is 24.3 Å². The lowest BCUT2D eigenvalue weighted by Crippen LogP contribution is -2.59. The highest BCUT2D eigenvalue weighted by atomic mass is 32.2. The molecule has 1 atom stereocenters. The minimum atomic E-state index is -4.12. The minimum Gasteiger partial charge on any atom is -0.475 e. The van der Waals surface area contributed by atoms with Gasteiger partial charge in [0.15, 0.2) is 0 Å². The Hall–Kier alpha value is -4.03. The maximum Gasteiger partial charge on any atom is 0.264 e. The fourth-order valence-corrected chi connectivity index (χ4v) is 6.07. The number of carbonyl (C=O) groups is 2. The molecule has 2 amide bonds. The number of carbonyl (C=O) groups excluding carboxylic acids is 2. The van der Waals surface area contributed by atoms with Crippen molar-refractivity contribution in [2.45, 2.75) is 24.8 Å². The lowest BCUT2D eigenvalue weighted by molar-refractivity contribution is -0.134. The number of hydrogen-bond donors (Lipinski definition) is 1. The van der Waals surface area contributed by atoms with E-state index in [0.29, 0.717) is 12.2 Å². The van der Waals surface area contributed by atoms with E-state index in [1.165, 1.54) is 18.2 Å². The highest BCUT2D eigenvalue weighted by Gasteiger charge is 2.34. The number of ether oxygens (including phenoxy) is 1. The molecule has 2 aliphatic rings. The Morgan fingerprint density at radius 2 is 1.80 bits per heavy atom. The van der Waals surface area contributed by atoms with Gasteiger partial charge in [0.2, 0.25) is 17.7 Å². The number of aromatic nitrogens is 2. The molecule has 1 aromatic heterocycles. The first-order chi connectivity index (χ1) is 19.0. The van der Waals surface area contributed by atoms with Crippen LogP contribution >= 0.6 is 0 Å². The van der Waals surface area contributed by atoms with Gasteiger partial charge in [-0.15, -0.1) is 0 Å². The predicted octanol–water partition coefficient (Wildman–Crippen LogP) is 2.17. The fourth-order valence-electron chi connectivity index (χ4n) is 5.08. The van der Waals surface area contributed by atoms with Crippen molar-refractivity contribution < 1.29 is 22.7 Å². The van der Waals surface area contributed by atoms with E-state index in [-0.39, 0.29) is 60.3 Å². The first-order valence-electron chi connectivity index (χ1n) is 13.0. The topological polar surface area (TPSA) is 125 Å². The van der Waals surface area contributed by atoms with Crippen molar-refractivity contribution in [1.82, 2.24) is 24.7 Å². The van der Waals surface area contributed by atoms with Crippen LogP contribution < -0.4 is 9.46 Å². The molecule has 1 N–H and O–H groups in total. The second-order valence-corrected chi connectivity index (χ2v) is 12.0. The molecule has 0 saturated carbocycles.